The van der Waals surface area contributed by atoms with E-state index in [1.807, 2.05) is 24.3 Å². The fraction of sp³-hybridized carbons (Fsp3) is 0.471. The largest absolute Gasteiger partial charge is 0.377 e. The summed E-state index contributed by atoms with van der Waals surface area (Å²) < 4.78 is 0. The van der Waals surface area contributed by atoms with Crippen LogP contribution in [0.5, 0.6) is 0 Å². The molecular formula is C17H22N4O. The molecule has 1 amide bonds. The quantitative estimate of drug-likeness (QED) is 0.824. The van der Waals surface area contributed by atoms with Crippen molar-refractivity contribution >= 4 is 24.1 Å². The first-order valence-corrected chi connectivity index (χ1v) is 7.83. The van der Waals surface area contributed by atoms with E-state index in [-0.39, 0.29) is 23.9 Å². The number of rotatable bonds is 2. The van der Waals surface area contributed by atoms with Crippen LogP contribution in [0.25, 0.3) is 0 Å². The molecule has 1 heterocycles. The first kappa shape index (κ1) is 14.8. The number of aliphatic imine (C=N–C) groups is 1. The van der Waals surface area contributed by atoms with Gasteiger partial charge in [-0.2, -0.15) is 0 Å². The number of benzene rings is 1. The third kappa shape index (κ3) is 2.40. The normalized spacial score (nSPS) is 28.6. The van der Waals surface area contributed by atoms with Crippen molar-refractivity contribution in [1.82, 2.24) is 4.90 Å². The van der Waals surface area contributed by atoms with Gasteiger partial charge < -0.3 is 5.32 Å². The van der Waals surface area contributed by atoms with Gasteiger partial charge in [0.2, 0.25) is 0 Å². The summed E-state index contributed by atoms with van der Waals surface area (Å²) in [5.41, 5.74) is 1.45. The Bertz CT molecular complexity index is 612. The van der Waals surface area contributed by atoms with Gasteiger partial charge in [-0.25, -0.2) is 0 Å². The minimum Gasteiger partial charge on any atom is -0.377 e. The fourth-order valence-corrected chi connectivity index (χ4v) is 3.63. The first-order chi connectivity index (χ1) is 10.6. The number of fused-ring (bicyclic) bond motifs is 1. The van der Waals surface area contributed by atoms with E-state index < -0.39 is 0 Å². The van der Waals surface area contributed by atoms with Crippen molar-refractivity contribution in [1.29, 1.82) is 5.41 Å². The van der Waals surface area contributed by atoms with E-state index in [2.05, 4.69) is 24.0 Å². The van der Waals surface area contributed by atoms with E-state index in [0.29, 0.717) is 17.9 Å². The Hall–Kier alpha value is -2.17. The van der Waals surface area contributed by atoms with Gasteiger partial charge in [0.1, 0.15) is 5.84 Å². The molecule has 0 bridgehead atoms. The molecule has 1 aromatic carbocycles. The molecule has 22 heavy (non-hydrogen) atoms. The second-order valence-electron chi connectivity index (χ2n) is 6.13. The molecule has 2 N–H and O–H groups in total. The van der Waals surface area contributed by atoms with Crippen LogP contribution in [0.4, 0.5) is 5.69 Å². The smallest absolute Gasteiger partial charge is 0.261 e. The topological polar surface area (TPSA) is 68.6 Å². The van der Waals surface area contributed by atoms with Gasteiger partial charge >= 0.3 is 0 Å². The maximum Gasteiger partial charge on any atom is 0.261 e. The lowest BCUT2D eigenvalue weighted by Crippen LogP contribution is -2.51. The van der Waals surface area contributed by atoms with Gasteiger partial charge in [-0.05, 0) is 44.0 Å². The summed E-state index contributed by atoms with van der Waals surface area (Å²) in [6.45, 7) is 6.18. The van der Waals surface area contributed by atoms with Gasteiger partial charge in [-0.1, -0.05) is 19.1 Å². The average Bonchev–Trinajstić information content (AvgIpc) is 2.66. The summed E-state index contributed by atoms with van der Waals surface area (Å²) in [6, 6.07) is 7.68. The standard InChI is InChI=1S/C17H22N4O/c1-11-13(19-2)8-5-9-15(11)21-16(18)10-20-14-7-4-3-6-12(14)17(21)22/h3-4,6-7,11,13,15,18,20H,2,5,8-10H2,1H3/t11-,13-,15+/m0/s1. The van der Waals surface area contributed by atoms with Crippen LogP contribution < -0.4 is 5.32 Å². The van der Waals surface area contributed by atoms with E-state index in [4.69, 9.17) is 5.41 Å². The van der Waals surface area contributed by atoms with E-state index in [1.54, 1.807) is 4.90 Å². The fourth-order valence-electron chi connectivity index (χ4n) is 3.63. The molecule has 5 nitrogen and oxygen atoms in total. The second-order valence-corrected chi connectivity index (χ2v) is 6.13. The molecule has 3 atom stereocenters. The number of hydrogen-bond donors (Lipinski definition) is 2. The zero-order valence-corrected chi connectivity index (χ0v) is 12.9. The lowest BCUT2D eigenvalue weighted by molar-refractivity contribution is 0.0711. The minimum atomic E-state index is -0.0767. The molecule has 5 heteroatoms. The number of para-hydroxylation sites is 1. The Morgan fingerprint density at radius 3 is 2.91 bits per heavy atom. The highest BCUT2D eigenvalue weighted by molar-refractivity contribution is 6.11. The van der Waals surface area contributed by atoms with Crippen molar-refractivity contribution < 1.29 is 4.79 Å². The van der Waals surface area contributed by atoms with Gasteiger partial charge in [0.25, 0.3) is 5.91 Å². The summed E-state index contributed by atoms with van der Waals surface area (Å²) in [4.78, 5) is 18.9. The molecule has 0 aromatic heterocycles. The maximum atomic E-state index is 13.0. The Labute approximate surface area is 130 Å². The van der Waals surface area contributed by atoms with Crippen LogP contribution in [0.3, 0.4) is 0 Å². The van der Waals surface area contributed by atoms with Crippen LogP contribution in [0.15, 0.2) is 29.3 Å². The molecule has 1 aromatic rings. The van der Waals surface area contributed by atoms with Crippen LogP contribution in [-0.4, -0.2) is 42.0 Å². The third-order valence-electron chi connectivity index (χ3n) is 4.89. The van der Waals surface area contributed by atoms with E-state index in [9.17, 15) is 4.79 Å². The number of carbonyl (C=O) groups is 1. The Kier molecular flexibility index (Phi) is 3.96. The molecule has 116 valence electrons. The highest BCUT2D eigenvalue weighted by Crippen LogP contribution is 2.33. The molecule has 1 aliphatic heterocycles. The molecule has 3 rings (SSSR count). The second kappa shape index (κ2) is 5.91. The van der Waals surface area contributed by atoms with Crippen molar-refractivity contribution in [2.75, 3.05) is 11.9 Å². The Balaban J connectivity index is 1.96. The van der Waals surface area contributed by atoms with E-state index >= 15 is 0 Å². The Morgan fingerprint density at radius 1 is 1.36 bits per heavy atom. The molecule has 0 radical (unpaired) electrons. The number of nitrogens with zero attached hydrogens (tertiary/aromatic N) is 2. The molecule has 0 saturated heterocycles. The summed E-state index contributed by atoms with van der Waals surface area (Å²) in [5.74, 6) is 0.482. The van der Waals surface area contributed by atoms with Crippen molar-refractivity contribution in [2.24, 2.45) is 10.9 Å². The van der Waals surface area contributed by atoms with Gasteiger partial charge in [0.15, 0.2) is 0 Å². The molecule has 1 fully saturated rings. The number of amides is 1. The summed E-state index contributed by atoms with van der Waals surface area (Å²) >= 11 is 0. The monoisotopic (exact) mass is 298 g/mol. The van der Waals surface area contributed by atoms with Crippen LogP contribution >= 0.6 is 0 Å². The predicted octanol–water partition coefficient (Wildman–Crippen LogP) is 2.79. The number of hydrogen-bond acceptors (Lipinski definition) is 4. The van der Waals surface area contributed by atoms with E-state index in [0.717, 1.165) is 24.9 Å². The first-order valence-electron chi connectivity index (χ1n) is 7.83. The number of anilines is 1. The Morgan fingerprint density at radius 2 is 2.14 bits per heavy atom. The van der Waals surface area contributed by atoms with Crippen molar-refractivity contribution in [2.45, 2.75) is 38.3 Å². The highest BCUT2D eigenvalue weighted by Gasteiger charge is 2.39. The molecule has 2 aliphatic rings. The summed E-state index contributed by atoms with van der Waals surface area (Å²) in [5, 5.41) is 11.5. The van der Waals surface area contributed by atoms with Crippen molar-refractivity contribution in [3.8, 4) is 0 Å². The van der Waals surface area contributed by atoms with Crippen molar-refractivity contribution in [3.63, 3.8) is 0 Å². The van der Waals surface area contributed by atoms with E-state index in [1.165, 1.54) is 0 Å². The third-order valence-corrected chi connectivity index (χ3v) is 4.89. The highest BCUT2D eigenvalue weighted by atomic mass is 16.2. The van der Waals surface area contributed by atoms with Crippen LogP contribution in [-0.2, 0) is 0 Å². The number of carbonyl (C=O) groups excluding carboxylic acids is 1. The van der Waals surface area contributed by atoms with Gasteiger partial charge in [0, 0.05) is 11.7 Å². The lowest BCUT2D eigenvalue weighted by Gasteiger charge is -2.40. The number of amidine groups is 1. The maximum absolute atomic E-state index is 13.0. The molecule has 0 unspecified atom stereocenters. The predicted molar refractivity (Wildman–Crippen MR) is 89.0 cm³/mol. The summed E-state index contributed by atoms with van der Waals surface area (Å²) in [7, 11) is 0. The molecule has 0 spiro atoms. The number of nitrogens with one attached hydrogen (secondary N) is 2. The van der Waals surface area contributed by atoms with Gasteiger partial charge in [-0.3, -0.25) is 20.1 Å². The zero-order valence-electron chi connectivity index (χ0n) is 12.9. The van der Waals surface area contributed by atoms with Gasteiger partial charge in [-0.15, -0.1) is 0 Å². The summed E-state index contributed by atoms with van der Waals surface area (Å²) in [6.07, 6.45) is 2.96. The zero-order chi connectivity index (χ0) is 15.7. The molecular weight excluding hydrogens is 276 g/mol. The lowest BCUT2D eigenvalue weighted by atomic mass is 9.80. The minimum absolute atomic E-state index is 0.0252. The molecule has 1 aliphatic carbocycles. The average molecular weight is 298 g/mol. The van der Waals surface area contributed by atoms with Crippen LogP contribution in [0.2, 0.25) is 0 Å². The molecule has 1 saturated carbocycles. The van der Waals surface area contributed by atoms with Gasteiger partial charge in [0.05, 0.1) is 18.2 Å². The van der Waals surface area contributed by atoms with Crippen LogP contribution in [0, 0.1) is 11.3 Å². The SMILES string of the molecule is C=N[C@H]1CCC[C@@H](N2C(=N)CNc3ccccc3C2=O)[C@H]1C. The van der Waals surface area contributed by atoms with Crippen molar-refractivity contribution in [3.05, 3.63) is 29.8 Å². The van der Waals surface area contributed by atoms with Crippen LogP contribution in [0.1, 0.15) is 36.5 Å².